The highest BCUT2D eigenvalue weighted by atomic mass is 32.2. The largest absolute Gasteiger partial charge is 0.243 e. The molecule has 1 rings (SSSR count). The summed E-state index contributed by atoms with van der Waals surface area (Å²) < 4.78 is 52.6. The van der Waals surface area contributed by atoms with E-state index in [2.05, 4.69) is 11.6 Å². The number of benzene rings is 1. The van der Waals surface area contributed by atoms with E-state index in [1.165, 1.54) is 25.7 Å². The minimum Gasteiger partial charge on any atom is -0.211 e. The summed E-state index contributed by atoms with van der Waals surface area (Å²) in [6.45, 7) is 2.42. The molecule has 6 heteroatoms. The van der Waals surface area contributed by atoms with Gasteiger partial charge in [-0.25, -0.2) is 21.9 Å². The van der Waals surface area contributed by atoms with Crippen molar-refractivity contribution in [2.45, 2.75) is 63.2 Å². The van der Waals surface area contributed by atoms with Crippen LogP contribution in [0.1, 0.15) is 58.3 Å². The van der Waals surface area contributed by atoms with Crippen LogP contribution in [0.25, 0.3) is 0 Å². The number of nitrogens with one attached hydrogen (secondary N) is 1. The van der Waals surface area contributed by atoms with Gasteiger partial charge in [-0.15, -0.1) is 0 Å². The van der Waals surface area contributed by atoms with Gasteiger partial charge in [-0.05, 0) is 24.6 Å². The van der Waals surface area contributed by atoms with E-state index in [1.54, 1.807) is 0 Å². The second kappa shape index (κ2) is 9.90. The van der Waals surface area contributed by atoms with Gasteiger partial charge in [0.05, 0.1) is 0 Å². The van der Waals surface area contributed by atoms with Crippen LogP contribution in [-0.2, 0) is 10.0 Å². The lowest BCUT2D eigenvalue weighted by Crippen LogP contribution is -2.25. The average Bonchev–Trinajstić information content (AvgIpc) is 2.48. The van der Waals surface area contributed by atoms with Crippen LogP contribution in [-0.4, -0.2) is 15.0 Å². The van der Waals surface area contributed by atoms with Crippen LogP contribution in [0, 0.1) is 11.6 Å². The minimum atomic E-state index is -3.98. The predicted molar refractivity (Wildman–Crippen MR) is 84.2 cm³/mol. The molecule has 0 aliphatic carbocycles. The topological polar surface area (TPSA) is 46.2 Å². The molecule has 0 aliphatic heterocycles. The Morgan fingerprint density at radius 2 is 1.55 bits per heavy atom. The first-order valence-corrected chi connectivity index (χ1v) is 9.40. The number of halogens is 2. The predicted octanol–water partition coefficient (Wildman–Crippen LogP) is 4.38. The van der Waals surface area contributed by atoms with Crippen LogP contribution in [0.2, 0.25) is 0 Å². The number of sulfonamides is 1. The molecule has 0 radical (unpaired) electrons. The molecule has 0 bridgehead atoms. The van der Waals surface area contributed by atoms with Crippen molar-refractivity contribution >= 4 is 10.0 Å². The van der Waals surface area contributed by atoms with Gasteiger partial charge in [-0.2, -0.15) is 0 Å². The average molecular weight is 333 g/mol. The number of hydrogen-bond acceptors (Lipinski definition) is 2. The van der Waals surface area contributed by atoms with Crippen molar-refractivity contribution in [2.24, 2.45) is 0 Å². The zero-order valence-electron chi connectivity index (χ0n) is 13.1. The highest BCUT2D eigenvalue weighted by Crippen LogP contribution is 2.15. The number of unbranched alkanes of at least 4 members (excludes halogenated alkanes) is 7. The van der Waals surface area contributed by atoms with E-state index in [9.17, 15) is 17.2 Å². The van der Waals surface area contributed by atoms with Crippen LogP contribution in [0.4, 0.5) is 8.78 Å². The monoisotopic (exact) mass is 333 g/mol. The van der Waals surface area contributed by atoms with Crippen molar-refractivity contribution in [2.75, 3.05) is 6.54 Å². The Bertz CT molecular complexity index is 547. The van der Waals surface area contributed by atoms with Crippen LogP contribution in [0.3, 0.4) is 0 Å². The Hall–Kier alpha value is -1.01. The Labute approximate surface area is 132 Å². The van der Waals surface area contributed by atoms with E-state index in [1.807, 2.05) is 0 Å². The quantitative estimate of drug-likeness (QED) is 0.611. The third kappa shape index (κ3) is 6.83. The summed E-state index contributed by atoms with van der Waals surface area (Å²) >= 11 is 0. The SMILES string of the molecule is CCCCCCCCCCNS(=O)(=O)c1cc(F)ccc1F. The molecule has 0 spiro atoms. The standard InChI is InChI=1S/C16H25F2NO2S/c1-2-3-4-5-6-7-8-9-12-19-22(20,21)16-13-14(17)10-11-15(16)18/h10-11,13,19H,2-9,12H2,1H3. The lowest BCUT2D eigenvalue weighted by molar-refractivity contribution is 0.539. The fourth-order valence-electron chi connectivity index (χ4n) is 2.23. The lowest BCUT2D eigenvalue weighted by atomic mass is 10.1. The van der Waals surface area contributed by atoms with Crippen molar-refractivity contribution in [1.82, 2.24) is 4.72 Å². The Balaban J connectivity index is 2.27. The molecule has 0 saturated carbocycles. The molecular weight excluding hydrogens is 308 g/mol. The Kier molecular flexibility index (Phi) is 8.56. The minimum absolute atomic E-state index is 0.243. The van der Waals surface area contributed by atoms with Crippen LogP contribution < -0.4 is 4.72 Å². The fourth-order valence-corrected chi connectivity index (χ4v) is 3.39. The van der Waals surface area contributed by atoms with Gasteiger partial charge < -0.3 is 0 Å². The summed E-state index contributed by atoms with van der Waals surface area (Å²) in [7, 11) is -3.98. The van der Waals surface area contributed by atoms with Gasteiger partial charge in [-0.1, -0.05) is 51.9 Å². The van der Waals surface area contributed by atoms with Crippen LogP contribution >= 0.6 is 0 Å². The molecule has 1 aromatic carbocycles. The zero-order valence-corrected chi connectivity index (χ0v) is 13.9. The van der Waals surface area contributed by atoms with Gasteiger partial charge in [0.25, 0.3) is 0 Å². The number of hydrogen-bond donors (Lipinski definition) is 1. The zero-order chi connectivity index (χ0) is 16.4. The second-order valence-electron chi connectivity index (χ2n) is 5.45. The summed E-state index contributed by atoms with van der Waals surface area (Å²) in [6.07, 6.45) is 8.81. The normalized spacial score (nSPS) is 11.8. The smallest absolute Gasteiger partial charge is 0.211 e. The molecule has 0 heterocycles. The Morgan fingerprint density at radius 3 is 2.18 bits per heavy atom. The molecular formula is C16H25F2NO2S. The maximum absolute atomic E-state index is 13.5. The van der Waals surface area contributed by atoms with E-state index >= 15 is 0 Å². The van der Waals surface area contributed by atoms with Gasteiger partial charge in [0, 0.05) is 6.54 Å². The third-order valence-electron chi connectivity index (χ3n) is 3.51. The van der Waals surface area contributed by atoms with Crippen LogP contribution in [0.15, 0.2) is 23.1 Å². The van der Waals surface area contributed by atoms with Crippen molar-refractivity contribution in [3.8, 4) is 0 Å². The second-order valence-corrected chi connectivity index (χ2v) is 7.18. The van der Waals surface area contributed by atoms with Gasteiger partial charge >= 0.3 is 0 Å². The van der Waals surface area contributed by atoms with Gasteiger partial charge in [0.2, 0.25) is 10.0 Å². The van der Waals surface area contributed by atoms with Crippen molar-refractivity contribution < 1.29 is 17.2 Å². The molecule has 0 aliphatic rings. The number of rotatable bonds is 11. The molecule has 0 fully saturated rings. The summed E-state index contributed by atoms with van der Waals surface area (Å²) in [5.41, 5.74) is 0. The fraction of sp³-hybridized carbons (Fsp3) is 0.625. The molecule has 1 aromatic rings. The molecule has 0 unspecified atom stereocenters. The van der Waals surface area contributed by atoms with Gasteiger partial charge in [0.1, 0.15) is 16.5 Å². The molecule has 0 aromatic heterocycles. The lowest BCUT2D eigenvalue weighted by Gasteiger charge is -2.08. The summed E-state index contributed by atoms with van der Waals surface area (Å²) in [5.74, 6) is -1.71. The molecule has 22 heavy (non-hydrogen) atoms. The first-order valence-electron chi connectivity index (χ1n) is 7.92. The highest BCUT2D eigenvalue weighted by Gasteiger charge is 2.19. The first-order chi connectivity index (χ1) is 10.5. The van der Waals surface area contributed by atoms with E-state index < -0.39 is 26.6 Å². The maximum atomic E-state index is 13.5. The van der Waals surface area contributed by atoms with Gasteiger partial charge in [0.15, 0.2) is 0 Å². The molecule has 0 saturated heterocycles. The molecule has 0 atom stereocenters. The molecule has 1 N–H and O–H groups in total. The molecule has 0 amide bonds. The van der Waals surface area contributed by atoms with Crippen molar-refractivity contribution in [3.63, 3.8) is 0 Å². The first kappa shape index (κ1) is 19.0. The van der Waals surface area contributed by atoms with E-state index in [0.29, 0.717) is 12.5 Å². The third-order valence-corrected chi connectivity index (χ3v) is 4.98. The summed E-state index contributed by atoms with van der Waals surface area (Å²) in [5, 5.41) is 0. The van der Waals surface area contributed by atoms with Crippen LogP contribution in [0.5, 0.6) is 0 Å². The van der Waals surface area contributed by atoms with E-state index in [-0.39, 0.29) is 6.54 Å². The van der Waals surface area contributed by atoms with Gasteiger partial charge in [-0.3, -0.25) is 0 Å². The van der Waals surface area contributed by atoms with E-state index in [4.69, 9.17) is 0 Å². The maximum Gasteiger partial charge on any atom is 0.243 e. The molecule has 3 nitrogen and oxygen atoms in total. The van der Waals surface area contributed by atoms with Crippen molar-refractivity contribution in [1.29, 1.82) is 0 Å². The summed E-state index contributed by atoms with van der Waals surface area (Å²) in [4.78, 5) is -0.632. The highest BCUT2D eigenvalue weighted by molar-refractivity contribution is 7.89. The Morgan fingerprint density at radius 1 is 0.955 bits per heavy atom. The molecule has 126 valence electrons. The van der Waals surface area contributed by atoms with E-state index in [0.717, 1.165) is 31.4 Å². The summed E-state index contributed by atoms with van der Waals surface area (Å²) in [6, 6.07) is 2.42. The van der Waals surface area contributed by atoms with Crippen molar-refractivity contribution in [3.05, 3.63) is 29.8 Å².